The maximum atomic E-state index is 12.3. The van der Waals surface area contributed by atoms with E-state index in [1.54, 1.807) is 24.5 Å². The van der Waals surface area contributed by atoms with E-state index in [0.717, 1.165) is 0 Å². The summed E-state index contributed by atoms with van der Waals surface area (Å²) in [6.45, 7) is 0.674. The highest BCUT2D eigenvalue weighted by Gasteiger charge is 2.06. The number of benzene rings is 2. The standard InChI is InChI=1S/C20H15N3OS/c24-19(16-8-10-21-11-9-16)22-20-23(12-13-25-20)14-17-6-3-5-15-4-1-2-7-18(15)17/h1-13H,14H2. The summed E-state index contributed by atoms with van der Waals surface area (Å²) in [4.78, 5) is 21.2. The zero-order chi connectivity index (χ0) is 17.1. The Morgan fingerprint density at radius 3 is 2.72 bits per heavy atom. The van der Waals surface area contributed by atoms with Crippen LogP contribution < -0.4 is 4.80 Å². The van der Waals surface area contributed by atoms with Gasteiger partial charge in [0.15, 0.2) is 4.80 Å². The first-order chi connectivity index (χ1) is 12.3. The van der Waals surface area contributed by atoms with Gasteiger partial charge in [-0.05, 0) is 28.5 Å². The Labute approximate surface area is 148 Å². The van der Waals surface area contributed by atoms with Gasteiger partial charge in [-0.15, -0.1) is 11.3 Å². The number of pyridine rings is 1. The van der Waals surface area contributed by atoms with Crippen molar-refractivity contribution in [1.29, 1.82) is 0 Å². The van der Waals surface area contributed by atoms with Gasteiger partial charge in [-0.2, -0.15) is 4.99 Å². The van der Waals surface area contributed by atoms with Crippen LogP contribution in [0.1, 0.15) is 15.9 Å². The van der Waals surface area contributed by atoms with Crippen molar-refractivity contribution >= 4 is 28.0 Å². The van der Waals surface area contributed by atoms with Gasteiger partial charge in [-0.1, -0.05) is 42.5 Å². The SMILES string of the molecule is O=C(N=c1sccn1Cc1cccc2ccccc12)c1ccncc1. The highest BCUT2D eigenvalue weighted by molar-refractivity contribution is 7.07. The first-order valence-electron chi connectivity index (χ1n) is 7.91. The molecule has 2 aromatic carbocycles. The first kappa shape index (κ1) is 15.5. The topological polar surface area (TPSA) is 47.2 Å². The average Bonchev–Trinajstić information content (AvgIpc) is 3.09. The molecule has 0 unspecified atom stereocenters. The fourth-order valence-corrected chi connectivity index (χ4v) is 3.49. The molecule has 122 valence electrons. The molecule has 25 heavy (non-hydrogen) atoms. The second-order valence-electron chi connectivity index (χ2n) is 5.60. The molecule has 0 N–H and O–H groups in total. The number of nitrogens with zero attached hydrogens (tertiary/aromatic N) is 3. The molecule has 0 fully saturated rings. The highest BCUT2D eigenvalue weighted by Crippen LogP contribution is 2.19. The normalized spacial score (nSPS) is 11.8. The van der Waals surface area contributed by atoms with E-state index in [0.29, 0.717) is 16.9 Å². The second kappa shape index (κ2) is 6.83. The van der Waals surface area contributed by atoms with Gasteiger partial charge in [0.05, 0.1) is 6.54 Å². The van der Waals surface area contributed by atoms with Gasteiger partial charge in [0, 0.05) is 29.5 Å². The molecule has 0 saturated heterocycles. The molecular formula is C20H15N3OS. The molecule has 0 spiro atoms. The Morgan fingerprint density at radius 1 is 1.04 bits per heavy atom. The van der Waals surface area contributed by atoms with Gasteiger partial charge in [0.2, 0.25) is 0 Å². The monoisotopic (exact) mass is 345 g/mol. The van der Waals surface area contributed by atoms with E-state index in [-0.39, 0.29) is 5.91 Å². The minimum Gasteiger partial charge on any atom is -0.319 e. The summed E-state index contributed by atoms with van der Waals surface area (Å²) in [5.74, 6) is -0.253. The largest absolute Gasteiger partial charge is 0.319 e. The molecule has 0 saturated carbocycles. The minimum absolute atomic E-state index is 0.253. The van der Waals surface area contributed by atoms with Crippen molar-refractivity contribution in [3.63, 3.8) is 0 Å². The zero-order valence-corrected chi connectivity index (χ0v) is 14.2. The van der Waals surface area contributed by atoms with Crippen molar-refractivity contribution in [3.8, 4) is 0 Å². The molecule has 0 aliphatic heterocycles. The number of amides is 1. The van der Waals surface area contributed by atoms with E-state index in [4.69, 9.17) is 0 Å². The number of hydrogen-bond donors (Lipinski definition) is 0. The molecule has 0 bridgehead atoms. The van der Waals surface area contributed by atoms with Gasteiger partial charge in [0.25, 0.3) is 5.91 Å². The van der Waals surface area contributed by atoms with Crippen LogP contribution in [-0.2, 0) is 6.54 Å². The average molecular weight is 345 g/mol. The van der Waals surface area contributed by atoms with Crippen LogP contribution in [-0.4, -0.2) is 15.5 Å². The van der Waals surface area contributed by atoms with Crippen LogP contribution in [0.5, 0.6) is 0 Å². The van der Waals surface area contributed by atoms with Crippen LogP contribution in [0.25, 0.3) is 10.8 Å². The van der Waals surface area contributed by atoms with Crippen molar-refractivity contribution in [2.24, 2.45) is 4.99 Å². The van der Waals surface area contributed by atoms with Crippen molar-refractivity contribution in [2.45, 2.75) is 6.54 Å². The van der Waals surface area contributed by atoms with Crippen LogP contribution in [0.4, 0.5) is 0 Å². The fourth-order valence-electron chi connectivity index (χ4n) is 2.77. The molecule has 4 nitrogen and oxygen atoms in total. The maximum absolute atomic E-state index is 12.3. The Bertz CT molecular complexity index is 1090. The molecule has 0 atom stereocenters. The highest BCUT2D eigenvalue weighted by atomic mass is 32.1. The lowest BCUT2D eigenvalue weighted by Gasteiger charge is -2.07. The Kier molecular flexibility index (Phi) is 4.23. The van der Waals surface area contributed by atoms with Gasteiger partial charge >= 0.3 is 0 Å². The summed E-state index contributed by atoms with van der Waals surface area (Å²) in [6.07, 6.45) is 5.16. The van der Waals surface area contributed by atoms with E-state index < -0.39 is 0 Å². The van der Waals surface area contributed by atoms with Crippen LogP contribution in [0.2, 0.25) is 0 Å². The van der Waals surface area contributed by atoms with Crippen LogP contribution >= 0.6 is 11.3 Å². The van der Waals surface area contributed by atoms with E-state index in [2.05, 4.69) is 40.3 Å². The number of carbonyl (C=O) groups excluding carboxylic acids is 1. The summed E-state index contributed by atoms with van der Waals surface area (Å²) in [5, 5.41) is 4.38. The van der Waals surface area contributed by atoms with E-state index >= 15 is 0 Å². The Morgan fingerprint density at radius 2 is 1.84 bits per heavy atom. The molecule has 0 aliphatic rings. The molecule has 5 heteroatoms. The smallest absolute Gasteiger partial charge is 0.279 e. The molecule has 1 amide bonds. The maximum Gasteiger partial charge on any atom is 0.279 e. The number of aromatic nitrogens is 2. The number of hydrogen-bond acceptors (Lipinski definition) is 3. The van der Waals surface area contributed by atoms with E-state index in [9.17, 15) is 4.79 Å². The third-order valence-corrected chi connectivity index (χ3v) is 4.80. The summed E-state index contributed by atoms with van der Waals surface area (Å²) in [7, 11) is 0. The van der Waals surface area contributed by atoms with Gasteiger partial charge in [0.1, 0.15) is 0 Å². The molecule has 0 radical (unpaired) electrons. The van der Waals surface area contributed by atoms with Gasteiger partial charge in [-0.25, -0.2) is 0 Å². The lowest BCUT2D eigenvalue weighted by Crippen LogP contribution is -2.17. The fraction of sp³-hybridized carbons (Fsp3) is 0.0500. The van der Waals surface area contributed by atoms with Gasteiger partial charge in [-0.3, -0.25) is 9.78 Å². The Balaban J connectivity index is 1.70. The van der Waals surface area contributed by atoms with Gasteiger partial charge < -0.3 is 4.57 Å². The van der Waals surface area contributed by atoms with Crippen molar-refractivity contribution in [3.05, 3.63) is 94.5 Å². The van der Waals surface area contributed by atoms with Crippen LogP contribution in [0.3, 0.4) is 0 Å². The van der Waals surface area contributed by atoms with Crippen LogP contribution in [0.15, 0.2) is 83.6 Å². The summed E-state index contributed by atoms with van der Waals surface area (Å²) < 4.78 is 2.01. The third-order valence-electron chi connectivity index (χ3n) is 4.01. The zero-order valence-electron chi connectivity index (χ0n) is 13.4. The lowest BCUT2D eigenvalue weighted by atomic mass is 10.0. The first-order valence-corrected chi connectivity index (χ1v) is 8.79. The molecule has 4 rings (SSSR count). The summed E-state index contributed by atoms with van der Waals surface area (Å²) in [6, 6.07) is 17.9. The number of fused-ring (bicyclic) bond motifs is 1. The second-order valence-corrected chi connectivity index (χ2v) is 6.48. The number of rotatable bonds is 3. The molecule has 2 heterocycles. The summed E-state index contributed by atoms with van der Waals surface area (Å²) >= 11 is 1.46. The van der Waals surface area contributed by atoms with Crippen LogP contribution in [0, 0.1) is 0 Å². The molecule has 4 aromatic rings. The third kappa shape index (κ3) is 3.27. The van der Waals surface area contributed by atoms with E-state index in [1.807, 2.05) is 28.3 Å². The van der Waals surface area contributed by atoms with Crippen molar-refractivity contribution in [2.75, 3.05) is 0 Å². The summed E-state index contributed by atoms with van der Waals surface area (Å²) in [5.41, 5.74) is 1.74. The van der Waals surface area contributed by atoms with E-state index in [1.165, 1.54) is 27.7 Å². The minimum atomic E-state index is -0.253. The lowest BCUT2D eigenvalue weighted by molar-refractivity contribution is 0.0997. The Hall–Kier alpha value is -3.05. The number of carbonyl (C=O) groups is 1. The van der Waals surface area contributed by atoms with Crippen molar-refractivity contribution in [1.82, 2.24) is 9.55 Å². The van der Waals surface area contributed by atoms with Crippen molar-refractivity contribution < 1.29 is 4.79 Å². The molecular weight excluding hydrogens is 330 g/mol. The predicted octanol–water partition coefficient (Wildman–Crippen LogP) is 3.89. The molecule has 0 aliphatic carbocycles. The molecule has 2 aromatic heterocycles. The quantitative estimate of drug-likeness (QED) is 0.565. The number of thiazole rings is 1. The predicted molar refractivity (Wildman–Crippen MR) is 99.5 cm³/mol.